The van der Waals surface area contributed by atoms with Gasteiger partial charge in [-0.2, -0.15) is 5.10 Å². The zero-order chi connectivity index (χ0) is 26.7. The minimum Gasteiger partial charge on any atom is -0.497 e. The maximum atomic E-state index is 13.9. The van der Waals surface area contributed by atoms with Crippen LogP contribution in [0.1, 0.15) is 68.6 Å². The summed E-state index contributed by atoms with van der Waals surface area (Å²) in [6, 6.07) is 17.7. The van der Waals surface area contributed by atoms with Gasteiger partial charge in [-0.25, -0.2) is 0 Å². The Morgan fingerprint density at radius 2 is 1.76 bits per heavy atom. The van der Waals surface area contributed by atoms with Gasteiger partial charge < -0.3 is 15.0 Å². The summed E-state index contributed by atoms with van der Waals surface area (Å²) in [7, 11) is 1.62. The number of fused-ring (bicyclic) bond motifs is 1. The molecule has 196 valence electrons. The molecule has 37 heavy (non-hydrogen) atoms. The number of amides is 2. The fraction of sp³-hybridized carbons (Fsp3) is 0.433. The van der Waals surface area contributed by atoms with E-state index in [1.54, 1.807) is 16.7 Å². The van der Waals surface area contributed by atoms with Crippen molar-refractivity contribution in [2.45, 2.75) is 65.6 Å². The number of carbonyl (C=O) groups is 2. The van der Waals surface area contributed by atoms with E-state index in [-0.39, 0.29) is 18.4 Å². The highest BCUT2D eigenvalue weighted by Gasteiger charge is 2.47. The Morgan fingerprint density at radius 1 is 1.08 bits per heavy atom. The first-order chi connectivity index (χ1) is 17.6. The number of benzene rings is 2. The van der Waals surface area contributed by atoms with Gasteiger partial charge in [0.1, 0.15) is 17.0 Å². The predicted molar refractivity (Wildman–Crippen MR) is 145 cm³/mol. The highest BCUT2D eigenvalue weighted by atomic mass is 16.5. The molecule has 7 heteroatoms. The van der Waals surface area contributed by atoms with Crippen molar-refractivity contribution in [1.29, 1.82) is 0 Å². The van der Waals surface area contributed by atoms with E-state index in [0.29, 0.717) is 30.6 Å². The number of nitrogens with zero attached hydrogens (tertiary/aromatic N) is 3. The number of carbonyl (C=O) groups excluding carboxylic acids is 2. The van der Waals surface area contributed by atoms with Crippen LogP contribution in [0.2, 0.25) is 0 Å². The maximum Gasteiger partial charge on any atom is 0.273 e. The molecule has 2 heterocycles. The van der Waals surface area contributed by atoms with E-state index >= 15 is 0 Å². The van der Waals surface area contributed by atoms with Gasteiger partial charge in [-0.1, -0.05) is 64.1 Å². The lowest BCUT2D eigenvalue weighted by Crippen LogP contribution is -2.63. The molecular weight excluding hydrogens is 464 g/mol. The van der Waals surface area contributed by atoms with Crippen LogP contribution >= 0.6 is 0 Å². The predicted octanol–water partition coefficient (Wildman–Crippen LogP) is 5.26. The molecule has 4 rings (SSSR count). The number of hydrogen-bond donors (Lipinski definition) is 1. The summed E-state index contributed by atoms with van der Waals surface area (Å²) in [5.74, 6) is 1.28. The molecule has 0 fully saturated rings. The lowest BCUT2D eigenvalue weighted by molar-refractivity contribution is -0.133. The van der Waals surface area contributed by atoms with E-state index in [9.17, 15) is 9.59 Å². The van der Waals surface area contributed by atoms with Crippen LogP contribution < -0.4 is 10.1 Å². The standard InChI is InChI=1S/C30H38N4O3/c1-20(2)15-16-31-29(36)30(5)19-34-27(17-26(32-34)24-11-9-23(10-12-24)21(3)4)28(35)33(30)18-22-7-13-25(37-6)14-8-22/h7-14,17,20-21H,15-16,18-19H2,1-6H3,(H,31,36)/t30-/m0/s1. The fourth-order valence-electron chi connectivity index (χ4n) is 4.65. The number of rotatable bonds is 9. The number of aromatic nitrogens is 2. The summed E-state index contributed by atoms with van der Waals surface area (Å²) in [4.78, 5) is 29.1. The van der Waals surface area contributed by atoms with Crippen LogP contribution in [0.4, 0.5) is 0 Å². The van der Waals surface area contributed by atoms with E-state index in [0.717, 1.165) is 29.0 Å². The van der Waals surface area contributed by atoms with Crippen LogP contribution in [0.15, 0.2) is 54.6 Å². The number of hydrogen-bond acceptors (Lipinski definition) is 4. The van der Waals surface area contributed by atoms with Gasteiger partial charge in [0.05, 0.1) is 19.3 Å². The zero-order valence-electron chi connectivity index (χ0n) is 22.7. The summed E-state index contributed by atoms with van der Waals surface area (Å²) in [5, 5.41) is 7.84. The molecule has 2 amide bonds. The third-order valence-corrected chi connectivity index (χ3v) is 7.17. The summed E-state index contributed by atoms with van der Waals surface area (Å²) in [6.07, 6.45) is 0.873. The van der Waals surface area contributed by atoms with Crippen LogP contribution in [0, 0.1) is 5.92 Å². The highest BCUT2D eigenvalue weighted by molar-refractivity contribution is 6.00. The van der Waals surface area contributed by atoms with Gasteiger partial charge in [0.15, 0.2) is 0 Å². The first-order valence-electron chi connectivity index (χ1n) is 13.0. The molecule has 0 unspecified atom stereocenters. The average molecular weight is 503 g/mol. The molecule has 0 saturated carbocycles. The van der Waals surface area contributed by atoms with Crippen molar-refractivity contribution < 1.29 is 14.3 Å². The summed E-state index contributed by atoms with van der Waals surface area (Å²) >= 11 is 0. The van der Waals surface area contributed by atoms with Crippen molar-refractivity contribution in [2.24, 2.45) is 5.92 Å². The molecular formula is C30H38N4O3. The van der Waals surface area contributed by atoms with Crippen LogP contribution in [0.5, 0.6) is 5.75 Å². The normalized spacial score (nSPS) is 17.3. The van der Waals surface area contributed by atoms with E-state index in [2.05, 4.69) is 45.1 Å². The van der Waals surface area contributed by atoms with Crippen molar-refractivity contribution in [3.8, 4) is 17.0 Å². The fourth-order valence-corrected chi connectivity index (χ4v) is 4.65. The summed E-state index contributed by atoms with van der Waals surface area (Å²) in [6.45, 7) is 11.6. The molecule has 1 aliphatic heterocycles. The molecule has 1 aliphatic rings. The lowest BCUT2D eigenvalue weighted by atomic mass is 9.93. The van der Waals surface area contributed by atoms with E-state index in [1.807, 2.05) is 49.4 Å². The lowest BCUT2D eigenvalue weighted by Gasteiger charge is -2.43. The molecule has 0 bridgehead atoms. The maximum absolute atomic E-state index is 13.9. The van der Waals surface area contributed by atoms with Crippen LogP contribution in [0.25, 0.3) is 11.3 Å². The van der Waals surface area contributed by atoms with Gasteiger partial charge in [-0.15, -0.1) is 0 Å². The van der Waals surface area contributed by atoms with E-state index in [1.165, 1.54) is 5.56 Å². The molecule has 0 radical (unpaired) electrons. The quantitative estimate of drug-likeness (QED) is 0.433. The first kappa shape index (κ1) is 26.5. The first-order valence-corrected chi connectivity index (χ1v) is 13.0. The topological polar surface area (TPSA) is 76.5 Å². The number of nitrogens with one attached hydrogen (secondary N) is 1. The Balaban J connectivity index is 1.68. The van der Waals surface area contributed by atoms with Gasteiger partial charge in [0.25, 0.3) is 5.91 Å². The van der Waals surface area contributed by atoms with Gasteiger partial charge in [0.2, 0.25) is 5.91 Å². The van der Waals surface area contributed by atoms with Crippen molar-refractivity contribution in [1.82, 2.24) is 20.0 Å². The van der Waals surface area contributed by atoms with Crippen molar-refractivity contribution in [2.75, 3.05) is 13.7 Å². The molecule has 7 nitrogen and oxygen atoms in total. The monoisotopic (exact) mass is 502 g/mol. The van der Waals surface area contributed by atoms with Crippen LogP contribution in [-0.2, 0) is 17.9 Å². The van der Waals surface area contributed by atoms with E-state index < -0.39 is 5.54 Å². The van der Waals surface area contributed by atoms with Crippen molar-refractivity contribution >= 4 is 11.8 Å². The molecule has 0 saturated heterocycles. The minimum atomic E-state index is -1.09. The van der Waals surface area contributed by atoms with Crippen molar-refractivity contribution in [3.05, 3.63) is 71.4 Å². The van der Waals surface area contributed by atoms with Gasteiger partial charge >= 0.3 is 0 Å². The Bertz CT molecular complexity index is 1240. The zero-order valence-corrected chi connectivity index (χ0v) is 22.7. The summed E-state index contributed by atoms with van der Waals surface area (Å²) in [5.41, 5.74) is 3.25. The van der Waals surface area contributed by atoms with Gasteiger partial charge in [-0.3, -0.25) is 14.3 Å². The molecule has 3 aromatic rings. The molecule has 1 aromatic heterocycles. The number of methoxy groups -OCH3 is 1. The molecule has 0 aliphatic carbocycles. The smallest absolute Gasteiger partial charge is 0.273 e. The third kappa shape index (κ3) is 5.55. The molecule has 2 aromatic carbocycles. The molecule has 1 atom stereocenters. The van der Waals surface area contributed by atoms with Crippen LogP contribution in [-0.4, -0.2) is 45.7 Å². The molecule has 1 N–H and O–H groups in total. The van der Waals surface area contributed by atoms with Gasteiger partial charge in [-0.05, 0) is 54.5 Å². The Kier molecular flexibility index (Phi) is 7.71. The second-order valence-electron chi connectivity index (χ2n) is 10.8. The summed E-state index contributed by atoms with van der Waals surface area (Å²) < 4.78 is 6.97. The second-order valence-corrected chi connectivity index (χ2v) is 10.8. The third-order valence-electron chi connectivity index (χ3n) is 7.17. The second kappa shape index (κ2) is 10.8. The van der Waals surface area contributed by atoms with Gasteiger partial charge in [0, 0.05) is 18.7 Å². The SMILES string of the molecule is COc1ccc(CN2C(=O)c3cc(-c4ccc(C(C)C)cc4)nn3C[C@@]2(C)C(=O)NCCC(C)C)cc1. The Morgan fingerprint density at radius 3 is 2.35 bits per heavy atom. The average Bonchev–Trinajstić information content (AvgIpc) is 3.30. The Hall–Kier alpha value is -3.61. The van der Waals surface area contributed by atoms with E-state index in [4.69, 9.17) is 9.84 Å². The Labute approximate surface area is 219 Å². The number of ether oxygens (including phenoxy) is 1. The van der Waals surface area contributed by atoms with Crippen LogP contribution in [0.3, 0.4) is 0 Å². The minimum absolute atomic E-state index is 0.168. The van der Waals surface area contributed by atoms with Crippen molar-refractivity contribution in [3.63, 3.8) is 0 Å². The molecule has 0 spiro atoms. The highest BCUT2D eigenvalue weighted by Crippen LogP contribution is 2.32. The largest absolute Gasteiger partial charge is 0.497 e.